The summed E-state index contributed by atoms with van der Waals surface area (Å²) >= 11 is 0. The maximum Gasteiger partial charge on any atom is 0.194 e. The number of rotatable bonds is 10. The van der Waals surface area contributed by atoms with Crippen LogP contribution in [0.15, 0.2) is 41.7 Å². The van der Waals surface area contributed by atoms with Gasteiger partial charge in [-0.2, -0.15) is 0 Å². The van der Waals surface area contributed by atoms with E-state index in [1.165, 1.54) is 11.1 Å². The number of likely N-dealkylation sites (tertiary alicyclic amines) is 1. The van der Waals surface area contributed by atoms with Crippen LogP contribution in [0.4, 0.5) is 0 Å². The van der Waals surface area contributed by atoms with Crippen molar-refractivity contribution in [3.63, 3.8) is 0 Å². The zero-order valence-electron chi connectivity index (χ0n) is 18.9. The zero-order chi connectivity index (χ0) is 21.2. The van der Waals surface area contributed by atoms with E-state index in [1.807, 2.05) is 19.3 Å². The van der Waals surface area contributed by atoms with Crippen molar-refractivity contribution < 1.29 is 9.47 Å². The van der Waals surface area contributed by atoms with E-state index in [2.05, 4.69) is 51.0 Å². The molecular weight excluding hydrogens is 505 g/mol. The SMILES string of the molecule is CCNC(=NCc1cccc(Cn2ccnc2C)c1)N1CCC(COCCOC)C1.I. The van der Waals surface area contributed by atoms with Gasteiger partial charge in [0.25, 0.3) is 0 Å². The van der Waals surface area contributed by atoms with Crippen LogP contribution in [0.5, 0.6) is 0 Å². The summed E-state index contributed by atoms with van der Waals surface area (Å²) in [7, 11) is 1.70. The normalized spacial score (nSPS) is 16.4. The molecule has 0 radical (unpaired) electrons. The highest BCUT2D eigenvalue weighted by molar-refractivity contribution is 14.0. The molecule has 0 amide bonds. The first-order valence-electron chi connectivity index (χ1n) is 10.8. The third-order valence-corrected chi connectivity index (χ3v) is 5.38. The van der Waals surface area contributed by atoms with Crippen LogP contribution in [0.2, 0.25) is 0 Å². The van der Waals surface area contributed by atoms with Crippen molar-refractivity contribution in [1.82, 2.24) is 19.8 Å². The zero-order valence-corrected chi connectivity index (χ0v) is 21.2. The third-order valence-electron chi connectivity index (χ3n) is 5.38. The van der Waals surface area contributed by atoms with Gasteiger partial charge in [-0.25, -0.2) is 9.98 Å². The van der Waals surface area contributed by atoms with E-state index in [9.17, 15) is 0 Å². The van der Waals surface area contributed by atoms with Crippen molar-refractivity contribution in [2.24, 2.45) is 10.9 Å². The van der Waals surface area contributed by atoms with Gasteiger partial charge in [0, 0.05) is 51.6 Å². The average Bonchev–Trinajstić information content (AvgIpc) is 3.38. The molecule has 0 spiro atoms. The van der Waals surface area contributed by atoms with Gasteiger partial charge in [0.15, 0.2) is 5.96 Å². The molecule has 3 rings (SSSR count). The van der Waals surface area contributed by atoms with Gasteiger partial charge in [-0.05, 0) is 31.4 Å². The molecule has 172 valence electrons. The molecule has 8 heteroatoms. The minimum absolute atomic E-state index is 0. The van der Waals surface area contributed by atoms with Crippen molar-refractivity contribution in [3.05, 3.63) is 53.6 Å². The Morgan fingerprint density at radius 3 is 2.87 bits per heavy atom. The van der Waals surface area contributed by atoms with Gasteiger partial charge in [-0.15, -0.1) is 24.0 Å². The molecule has 1 aromatic carbocycles. The highest BCUT2D eigenvalue weighted by atomic mass is 127. The van der Waals surface area contributed by atoms with Crippen LogP contribution >= 0.6 is 24.0 Å². The number of nitrogens with zero attached hydrogens (tertiary/aromatic N) is 4. The van der Waals surface area contributed by atoms with Crippen molar-refractivity contribution in [3.8, 4) is 0 Å². The smallest absolute Gasteiger partial charge is 0.194 e. The summed E-state index contributed by atoms with van der Waals surface area (Å²) in [4.78, 5) is 11.6. The fourth-order valence-electron chi connectivity index (χ4n) is 3.74. The quantitative estimate of drug-likeness (QED) is 0.217. The van der Waals surface area contributed by atoms with Gasteiger partial charge in [0.05, 0.1) is 26.4 Å². The van der Waals surface area contributed by atoms with Gasteiger partial charge in [-0.3, -0.25) is 0 Å². The molecule has 2 aromatic rings. The third kappa shape index (κ3) is 8.08. The molecule has 1 aromatic heterocycles. The molecule has 1 atom stereocenters. The van der Waals surface area contributed by atoms with Crippen LogP contribution in [0.3, 0.4) is 0 Å². The predicted molar refractivity (Wildman–Crippen MR) is 135 cm³/mol. The average molecular weight is 541 g/mol. The fraction of sp³-hybridized carbons (Fsp3) is 0.565. The summed E-state index contributed by atoms with van der Waals surface area (Å²) < 4.78 is 12.9. The number of nitrogens with one attached hydrogen (secondary N) is 1. The molecule has 1 saturated heterocycles. The lowest BCUT2D eigenvalue weighted by Gasteiger charge is -2.21. The number of methoxy groups -OCH3 is 1. The van der Waals surface area contributed by atoms with E-state index < -0.39 is 0 Å². The van der Waals surface area contributed by atoms with E-state index in [0.29, 0.717) is 25.7 Å². The van der Waals surface area contributed by atoms with Crippen molar-refractivity contribution in [2.45, 2.75) is 33.4 Å². The van der Waals surface area contributed by atoms with Crippen molar-refractivity contribution >= 4 is 29.9 Å². The monoisotopic (exact) mass is 541 g/mol. The van der Waals surface area contributed by atoms with Gasteiger partial charge in [0.2, 0.25) is 0 Å². The lowest BCUT2D eigenvalue weighted by atomic mass is 10.1. The van der Waals surface area contributed by atoms with E-state index in [4.69, 9.17) is 14.5 Å². The topological polar surface area (TPSA) is 63.9 Å². The summed E-state index contributed by atoms with van der Waals surface area (Å²) in [6.07, 6.45) is 5.00. The Morgan fingerprint density at radius 1 is 1.29 bits per heavy atom. The van der Waals surface area contributed by atoms with E-state index >= 15 is 0 Å². The summed E-state index contributed by atoms with van der Waals surface area (Å²) in [6.45, 7) is 10.6. The van der Waals surface area contributed by atoms with Gasteiger partial charge >= 0.3 is 0 Å². The molecule has 31 heavy (non-hydrogen) atoms. The number of hydrogen-bond acceptors (Lipinski definition) is 4. The Morgan fingerprint density at radius 2 is 2.13 bits per heavy atom. The van der Waals surface area contributed by atoms with Gasteiger partial charge in [-0.1, -0.05) is 24.3 Å². The Balaban J connectivity index is 0.00000341. The van der Waals surface area contributed by atoms with E-state index in [0.717, 1.165) is 51.0 Å². The molecule has 1 aliphatic heterocycles. The highest BCUT2D eigenvalue weighted by Crippen LogP contribution is 2.17. The Hall–Kier alpha value is -1.65. The van der Waals surface area contributed by atoms with Gasteiger partial charge < -0.3 is 24.3 Å². The molecule has 0 saturated carbocycles. The summed E-state index contributed by atoms with van der Waals surface area (Å²) in [6, 6.07) is 8.66. The summed E-state index contributed by atoms with van der Waals surface area (Å²) in [5.41, 5.74) is 2.49. The van der Waals surface area contributed by atoms with Gasteiger partial charge in [0.1, 0.15) is 5.82 Å². The van der Waals surface area contributed by atoms with Crippen LogP contribution in [0.1, 0.15) is 30.3 Å². The van der Waals surface area contributed by atoms with Crippen LogP contribution in [-0.4, -0.2) is 67.0 Å². The molecule has 1 fully saturated rings. The number of aryl methyl sites for hydroxylation is 1. The number of hydrogen-bond donors (Lipinski definition) is 1. The fourth-order valence-corrected chi connectivity index (χ4v) is 3.74. The maximum absolute atomic E-state index is 5.72. The molecular formula is C23H36IN5O2. The molecule has 0 aliphatic carbocycles. The van der Waals surface area contributed by atoms with E-state index in [-0.39, 0.29) is 24.0 Å². The minimum Gasteiger partial charge on any atom is -0.382 e. The summed E-state index contributed by atoms with van der Waals surface area (Å²) in [5.74, 6) is 2.57. The second-order valence-corrected chi connectivity index (χ2v) is 7.76. The van der Waals surface area contributed by atoms with Crippen LogP contribution in [0.25, 0.3) is 0 Å². The number of benzene rings is 1. The molecule has 7 nitrogen and oxygen atoms in total. The van der Waals surface area contributed by atoms with Crippen LogP contribution < -0.4 is 5.32 Å². The minimum atomic E-state index is 0. The standard InChI is InChI=1S/C23H35N5O2.HI/c1-4-24-23(28-10-8-22(17-28)18-30-13-12-29-3)26-15-20-6-5-7-21(14-20)16-27-11-9-25-19(27)2;/h5-7,9,11,14,22H,4,8,10,12-13,15-18H2,1-3H3,(H,24,26);1H. The maximum atomic E-state index is 5.72. The summed E-state index contributed by atoms with van der Waals surface area (Å²) in [5, 5.41) is 3.45. The van der Waals surface area contributed by atoms with Crippen LogP contribution in [-0.2, 0) is 22.6 Å². The number of aliphatic imine (C=N–C) groups is 1. The lowest BCUT2D eigenvalue weighted by Crippen LogP contribution is -2.40. The second kappa shape index (κ2) is 13.7. The second-order valence-electron chi connectivity index (χ2n) is 7.76. The number of imidazole rings is 1. The lowest BCUT2D eigenvalue weighted by molar-refractivity contribution is 0.0536. The predicted octanol–water partition coefficient (Wildman–Crippen LogP) is 3.31. The Bertz CT molecular complexity index is 811. The van der Waals surface area contributed by atoms with Crippen molar-refractivity contribution in [2.75, 3.05) is 46.6 Å². The molecule has 1 aliphatic rings. The molecule has 0 bridgehead atoms. The Kier molecular flexibility index (Phi) is 11.3. The number of aromatic nitrogens is 2. The first kappa shape index (κ1) is 25.6. The first-order chi connectivity index (χ1) is 14.7. The number of halogens is 1. The van der Waals surface area contributed by atoms with Crippen molar-refractivity contribution in [1.29, 1.82) is 0 Å². The first-order valence-corrected chi connectivity index (χ1v) is 10.8. The highest BCUT2D eigenvalue weighted by Gasteiger charge is 2.24. The molecule has 2 heterocycles. The largest absolute Gasteiger partial charge is 0.382 e. The number of ether oxygens (including phenoxy) is 2. The van der Waals surface area contributed by atoms with E-state index in [1.54, 1.807) is 7.11 Å². The molecule has 1 unspecified atom stereocenters. The Labute approximate surface area is 203 Å². The van der Waals surface area contributed by atoms with Crippen LogP contribution in [0, 0.1) is 12.8 Å². The number of guanidine groups is 1. The molecule has 1 N–H and O–H groups in total.